The lowest BCUT2D eigenvalue weighted by atomic mass is 9.91. The molecule has 1 N–H and O–H groups in total. The zero-order chi connectivity index (χ0) is 26.5. The minimum absolute atomic E-state index is 0.0370. The number of nitrogens with one attached hydrogen (secondary N) is 1. The van der Waals surface area contributed by atoms with E-state index in [-0.39, 0.29) is 23.8 Å². The molecule has 2 unspecified atom stereocenters. The van der Waals surface area contributed by atoms with E-state index in [1.54, 1.807) is 6.26 Å². The quantitative estimate of drug-likeness (QED) is 0.340. The maximum Gasteiger partial charge on any atom is 0.253 e. The first-order chi connectivity index (χ1) is 18.5. The lowest BCUT2D eigenvalue weighted by molar-refractivity contribution is -0.122. The number of carbonyl (C=O) groups is 2. The summed E-state index contributed by atoms with van der Waals surface area (Å²) in [5, 5.41) is 3.07. The maximum absolute atomic E-state index is 13.8. The molecule has 2 amide bonds. The molecule has 2 heterocycles. The molecule has 1 aromatic heterocycles. The fourth-order valence-electron chi connectivity index (χ4n) is 5.06. The van der Waals surface area contributed by atoms with Crippen molar-refractivity contribution in [2.75, 3.05) is 25.5 Å². The molecule has 1 saturated heterocycles. The van der Waals surface area contributed by atoms with Crippen LogP contribution < -0.4 is 5.32 Å². The number of likely N-dealkylation sites (tertiary alicyclic amines) is 1. The lowest BCUT2D eigenvalue weighted by Crippen LogP contribution is -2.53. The average molecular weight is 508 g/mol. The fraction of sp³-hybridized carbons (Fsp3) is 0.250. The highest BCUT2D eigenvalue weighted by Gasteiger charge is 2.36. The van der Waals surface area contributed by atoms with Crippen molar-refractivity contribution in [1.82, 2.24) is 9.80 Å². The van der Waals surface area contributed by atoms with Crippen LogP contribution in [0.4, 0.5) is 5.69 Å². The van der Waals surface area contributed by atoms with Crippen LogP contribution in [0.25, 0.3) is 11.3 Å². The summed E-state index contributed by atoms with van der Waals surface area (Å²) in [5.41, 5.74) is 4.54. The number of anilines is 1. The number of nitrogens with zero attached hydrogens (tertiary/aromatic N) is 2. The number of aryl methyl sites for hydroxylation is 1. The van der Waals surface area contributed by atoms with E-state index in [0.717, 1.165) is 23.4 Å². The summed E-state index contributed by atoms with van der Waals surface area (Å²) in [6, 6.07) is 29.3. The van der Waals surface area contributed by atoms with Crippen LogP contribution in [0.5, 0.6) is 0 Å². The summed E-state index contributed by atoms with van der Waals surface area (Å²) < 4.78 is 5.53. The van der Waals surface area contributed by atoms with Crippen molar-refractivity contribution in [2.45, 2.75) is 25.9 Å². The first-order valence-electron chi connectivity index (χ1n) is 13.0. The third kappa shape index (κ3) is 6.03. The molecule has 3 aromatic carbocycles. The van der Waals surface area contributed by atoms with Crippen LogP contribution in [0.15, 0.2) is 102 Å². The Morgan fingerprint density at radius 3 is 2.47 bits per heavy atom. The number of likely N-dealkylation sites (N-methyl/N-ethyl adjacent to an activating group) is 1. The third-order valence-electron chi connectivity index (χ3n) is 7.22. The first-order valence-corrected chi connectivity index (χ1v) is 13.0. The van der Waals surface area contributed by atoms with E-state index in [4.69, 9.17) is 4.42 Å². The van der Waals surface area contributed by atoms with Crippen molar-refractivity contribution < 1.29 is 14.0 Å². The molecule has 0 spiro atoms. The number of benzene rings is 3. The Labute approximate surface area is 223 Å². The number of furan rings is 1. The topological polar surface area (TPSA) is 65.8 Å². The minimum atomic E-state index is -0.328. The fourth-order valence-corrected chi connectivity index (χ4v) is 5.06. The molecule has 0 radical (unpaired) electrons. The van der Waals surface area contributed by atoms with Gasteiger partial charge in [-0.05, 0) is 62.4 Å². The molecular formula is C32H33N3O3. The van der Waals surface area contributed by atoms with Gasteiger partial charge < -0.3 is 14.6 Å². The van der Waals surface area contributed by atoms with Crippen molar-refractivity contribution in [3.05, 3.63) is 114 Å². The molecule has 6 heteroatoms. The Bertz CT molecular complexity index is 1370. The van der Waals surface area contributed by atoms with Gasteiger partial charge in [-0.2, -0.15) is 0 Å². The number of piperidine rings is 1. The second-order valence-corrected chi connectivity index (χ2v) is 10.1. The standard InChI is InChI=1S/C32H33N3O3/c1-23-13-15-28(16-14-23)33-31(36)27-19-29(34(2)20-24-8-4-3-5-9-24)22-35(21-27)32(37)26-11-6-10-25(18-26)30-12-7-17-38-30/h3-18,27,29H,19-22H2,1-2H3,(H,33,36). The van der Waals surface area contributed by atoms with Crippen molar-refractivity contribution in [3.63, 3.8) is 0 Å². The van der Waals surface area contributed by atoms with Gasteiger partial charge in [-0.25, -0.2) is 0 Å². The number of amides is 2. The van der Waals surface area contributed by atoms with E-state index in [2.05, 4.69) is 29.4 Å². The molecule has 1 aliphatic heterocycles. The van der Waals surface area contributed by atoms with Crippen LogP contribution in [-0.2, 0) is 11.3 Å². The molecule has 194 valence electrons. The minimum Gasteiger partial charge on any atom is -0.464 e. The molecule has 1 aliphatic rings. The average Bonchev–Trinajstić information content (AvgIpc) is 3.49. The molecule has 6 nitrogen and oxygen atoms in total. The van der Waals surface area contributed by atoms with Gasteiger partial charge in [0.25, 0.3) is 5.91 Å². The molecule has 5 rings (SSSR count). The molecule has 0 saturated carbocycles. The zero-order valence-corrected chi connectivity index (χ0v) is 21.8. The largest absolute Gasteiger partial charge is 0.464 e. The maximum atomic E-state index is 13.8. The van der Waals surface area contributed by atoms with Gasteiger partial charge in [0.15, 0.2) is 0 Å². The van der Waals surface area contributed by atoms with E-state index in [1.807, 2.05) is 90.7 Å². The van der Waals surface area contributed by atoms with Crippen LogP contribution in [0.1, 0.15) is 27.9 Å². The zero-order valence-electron chi connectivity index (χ0n) is 21.8. The summed E-state index contributed by atoms with van der Waals surface area (Å²) >= 11 is 0. The van der Waals surface area contributed by atoms with Crippen LogP contribution >= 0.6 is 0 Å². The molecule has 38 heavy (non-hydrogen) atoms. The van der Waals surface area contributed by atoms with E-state index in [0.29, 0.717) is 30.8 Å². The Morgan fingerprint density at radius 2 is 1.74 bits per heavy atom. The highest BCUT2D eigenvalue weighted by atomic mass is 16.3. The Morgan fingerprint density at radius 1 is 0.947 bits per heavy atom. The highest BCUT2D eigenvalue weighted by Crippen LogP contribution is 2.27. The predicted molar refractivity (Wildman–Crippen MR) is 150 cm³/mol. The van der Waals surface area contributed by atoms with Gasteiger partial charge >= 0.3 is 0 Å². The van der Waals surface area contributed by atoms with Crippen LogP contribution in [0.2, 0.25) is 0 Å². The molecule has 2 atom stereocenters. The van der Waals surface area contributed by atoms with Gasteiger partial charge in [-0.1, -0.05) is 60.2 Å². The Kier molecular flexibility index (Phi) is 7.70. The van der Waals surface area contributed by atoms with Gasteiger partial charge in [0.2, 0.25) is 5.91 Å². The molecule has 0 bridgehead atoms. The second-order valence-electron chi connectivity index (χ2n) is 10.1. The molecule has 4 aromatic rings. The Hall–Kier alpha value is -4.16. The van der Waals surface area contributed by atoms with Crippen molar-refractivity contribution in [1.29, 1.82) is 0 Å². The number of carbonyl (C=O) groups excluding carboxylic acids is 2. The van der Waals surface area contributed by atoms with Crippen molar-refractivity contribution >= 4 is 17.5 Å². The summed E-state index contributed by atoms with van der Waals surface area (Å²) in [7, 11) is 2.07. The van der Waals surface area contributed by atoms with E-state index < -0.39 is 0 Å². The summed E-state index contributed by atoms with van der Waals surface area (Å²) in [6.45, 7) is 3.69. The Balaban J connectivity index is 1.37. The van der Waals surface area contributed by atoms with Crippen LogP contribution in [0, 0.1) is 12.8 Å². The van der Waals surface area contributed by atoms with Gasteiger partial charge in [-0.15, -0.1) is 0 Å². The van der Waals surface area contributed by atoms with E-state index in [9.17, 15) is 9.59 Å². The number of rotatable bonds is 7. The molecule has 1 fully saturated rings. The van der Waals surface area contributed by atoms with Crippen molar-refractivity contribution in [3.8, 4) is 11.3 Å². The summed E-state index contributed by atoms with van der Waals surface area (Å²) in [4.78, 5) is 31.3. The van der Waals surface area contributed by atoms with Crippen molar-refractivity contribution in [2.24, 2.45) is 5.92 Å². The van der Waals surface area contributed by atoms with Gasteiger partial charge in [0, 0.05) is 42.5 Å². The van der Waals surface area contributed by atoms with E-state index >= 15 is 0 Å². The highest BCUT2D eigenvalue weighted by molar-refractivity contribution is 5.97. The van der Waals surface area contributed by atoms with Crippen LogP contribution in [-0.4, -0.2) is 47.8 Å². The second kappa shape index (κ2) is 11.5. The van der Waals surface area contributed by atoms with Gasteiger partial charge in [-0.3, -0.25) is 14.5 Å². The third-order valence-corrected chi connectivity index (χ3v) is 7.22. The monoisotopic (exact) mass is 507 g/mol. The van der Waals surface area contributed by atoms with Gasteiger partial charge in [0.1, 0.15) is 5.76 Å². The van der Waals surface area contributed by atoms with E-state index in [1.165, 1.54) is 5.56 Å². The molecule has 0 aliphatic carbocycles. The smallest absolute Gasteiger partial charge is 0.253 e. The first kappa shape index (κ1) is 25.5. The normalized spacial score (nSPS) is 17.4. The summed E-state index contributed by atoms with van der Waals surface area (Å²) in [5.74, 6) is 0.248. The SMILES string of the molecule is Cc1ccc(NC(=O)C2CC(N(C)Cc3ccccc3)CN(C(=O)c3cccc(-c4ccco4)c3)C2)cc1. The van der Waals surface area contributed by atoms with Crippen LogP contribution in [0.3, 0.4) is 0 Å². The molecular weight excluding hydrogens is 474 g/mol. The van der Waals surface area contributed by atoms with Gasteiger partial charge in [0.05, 0.1) is 12.2 Å². The number of hydrogen-bond donors (Lipinski definition) is 1. The predicted octanol–water partition coefficient (Wildman–Crippen LogP) is 5.86. The summed E-state index contributed by atoms with van der Waals surface area (Å²) in [6.07, 6.45) is 2.30. The number of hydrogen-bond acceptors (Lipinski definition) is 4. The lowest BCUT2D eigenvalue weighted by Gasteiger charge is -2.41.